The van der Waals surface area contributed by atoms with Crippen molar-refractivity contribution < 1.29 is 0 Å². The van der Waals surface area contributed by atoms with Crippen molar-refractivity contribution in [2.24, 2.45) is 0 Å². The van der Waals surface area contributed by atoms with Crippen molar-refractivity contribution in [3.8, 4) is 11.4 Å². The van der Waals surface area contributed by atoms with Gasteiger partial charge in [-0.05, 0) is 5.56 Å². The molecule has 1 heterocycles. The Kier molecular flexibility index (Phi) is 3.61. The maximum Gasteiger partial charge on any atom is 0.209 e. The molecule has 94 valence electrons. The van der Waals surface area contributed by atoms with Crippen LogP contribution in [0.25, 0.3) is 11.4 Å². The summed E-state index contributed by atoms with van der Waals surface area (Å²) >= 11 is 1.64. The highest BCUT2D eigenvalue weighted by molar-refractivity contribution is 7.98. The van der Waals surface area contributed by atoms with Gasteiger partial charge < -0.3 is 0 Å². The molecule has 3 nitrogen and oxygen atoms in total. The minimum atomic E-state index is 0.780. The number of nitrogens with zero attached hydrogens (tertiary/aromatic N) is 2. The zero-order valence-corrected chi connectivity index (χ0v) is 11.1. The number of aromatic nitrogens is 3. The van der Waals surface area contributed by atoms with Crippen LogP contribution >= 0.6 is 11.8 Å². The summed E-state index contributed by atoms with van der Waals surface area (Å²) in [5.74, 6) is 1.70. The summed E-state index contributed by atoms with van der Waals surface area (Å²) in [6.07, 6.45) is 0. The molecule has 0 saturated heterocycles. The van der Waals surface area contributed by atoms with Crippen LogP contribution in [0.4, 0.5) is 0 Å². The average Bonchev–Trinajstić information content (AvgIpc) is 2.96. The van der Waals surface area contributed by atoms with Crippen molar-refractivity contribution in [3.05, 3.63) is 66.2 Å². The summed E-state index contributed by atoms with van der Waals surface area (Å²) in [6.45, 7) is 0. The molecule has 0 spiro atoms. The number of hydrogen-bond donors (Lipinski definition) is 1. The fourth-order valence-corrected chi connectivity index (χ4v) is 2.51. The third-order valence-corrected chi connectivity index (χ3v) is 3.64. The molecule has 4 heteroatoms. The minimum absolute atomic E-state index is 0.780. The number of aromatic amines is 1. The lowest BCUT2D eigenvalue weighted by molar-refractivity contribution is 0.973. The highest BCUT2D eigenvalue weighted by Gasteiger charge is 2.05. The van der Waals surface area contributed by atoms with Gasteiger partial charge in [0.25, 0.3) is 0 Å². The number of hydrogen-bond acceptors (Lipinski definition) is 3. The van der Waals surface area contributed by atoms with Gasteiger partial charge in [-0.2, -0.15) is 0 Å². The van der Waals surface area contributed by atoms with E-state index < -0.39 is 0 Å². The fourth-order valence-electron chi connectivity index (χ4n) is 1.76. The molecule has 0 aliphatic heterocycles. The second kappa shape index (κ2) is 5.71. The van der Waals surface area contributed by atoms with E-state index in [0.717, 1.165) is 22.3 Å². The van der Waals surface area contributed by atoms with Crippen LogP contribution < -0.4 is 0 Å². The van der Waals surface area contributed by atoms with E-state index in [1.54, 1.807) is 11.8 Å². The highest BCUT2D eigenvalue weighted by Crippen LogP contribution is 2.21. The lowest BCUT2D eigenvalue weighted by atomic mass is 10.2. The van der Waals surface area contributed by atoms with E-state index in [1.165, 1.54) is 5.56 Å². The van der Waals surface area contributed by atoms with Crippen LogP contribution in [0.5, 0.6) is 0 Å². The summed E-state index contributed by atoms with van der Waals surface area (Å²) in [4.78, 5) is 4.49. The predicted octanol–water partition coefficient (Wildman–Crippen LogP) is 3.76. The number of benzene rings is 2. The molecule has 0 fully saturated rings. The Morgan fingerprint density at radius 1 is 0.895 bits per heavy atom. The monoisotopic (exact) mass is 267 g/mol. The molecule has 0 atom stereocenters. The third-order valence-electron chi connectivity index (χ3n) is 2.72. The quantitative estimate of drug-likeness (QED) is 0.732. The second-order valence-corrected chi connectivity index (χ2v) is 5.05. The van der Waals surface area contributed by atoms with Crippen LogP contribution in [-0.2, 0) is 5.75 Å². The summed E-state index contributed by atoms with van der Waals surface area (Å²) in [7, 11) is 0. The largest absolute Gasteiger partial charge is 0.258 e. The molecular weight excluding hydrogens is 254 g/mol. The Bertz CT molecular complexity index is 635. The van der Waals surface area contributed by atoms with E-state index in [9.17, 15) is 0 Å². The van der Waals surface area contributed by atoms with Gasteiger partial charge in [0.05, 0.1) is 0 Å². The standard InChI is InChI=1S/C15H13N3S/c1-3-7-12(8-4-1)11-19-15-16-14(17-18-15)13-9-5-2-6-10-13/h1-10H,11H2,(H,16,17,18). The minimum Gasteiger partial charge on any atom is -0.258 e. The van der Waals surface area contributed by atoms with Crippen molar-refractivity contribution in [3.63, 3.8) is 0 Å². The van der Waals surface area contributed by atoms with Crippen LogP contribution in [0.1, 0.15) is 5.56 Å². The predicted molar refractivity (Wildman–Crippen MR) is 77.8 cm³/mol. The molecule has 3 aromatic rings. The third kappa shape index (κ3) is 3.03. The zero-order valence-electron chi connectivity index (χ0n) is 10.3. The van der Waals surface area contributed by atoms with Crippen LogP contribution in [0.3, 0.4) is 0 Å². The van der Waals surface area contributed by atoms with Gasteiger partial charge in [0.2, 0.25) is 5.16 Å². The second-order valence-electron chi connectivity index (χ2n) is 4.11. The average molecular weight is 267 g/mol. The lowest BCUT2D eigenvalue weighted by Gasteiger charge is -1.96. The lowest BCUT2D eigenvalue weighted by Crippen LogP contribution is -1.81. The van der Waals surface area contributed by atoms with Gasteiger partial charge >= 0.3 is 0 Å². The highest BCUT2D eigenvalue weighted by atomic mass is 32.2. The molecule has 0 radical (unpaired) electrons. The topological polar surface area (TPSA) is 41.6 Å². The van der Waals surface area contributed by atoms with Gasteiger partial charge in [-0.1, -0.05) is 72.4 Å². The van der Waals surface area contributed by atoms with Gasteiger partial charge in [-0.25, -0.2) is 4.98 Å². The number of H-pyrrole nitrogens is 1. The van der Waals surface area contributed by atoms with Crippen LogP contribution in [0.15, 0.2) is 65.8 Å². The molecule has 3 rings (SSSR count). The first-order valence-electron chi connectivity index (χ1n) is 6.06. The van der Waals surface area contributed by atoms with Crippen molar-refractivity contribution in [2.45, 2.75) is 10.9 Å². The molecule has 0 bridgehead atoms. The van der Waals surface area contributed by atoms with Crippen molar-refractivity contribution in [1.82, 2.24) is 15.2 Å². The Morgan fingerprint density at radius 2 is 1.58 bits per heavy atom. The first-order chi connectivity index (χ1) is 9.42. The zero-order chi connectivity index (χ0) is 12.9. The van der Waals surface area contributed by atoms with Gasteiger partial charge in [0, 0.05) is 11.3 Å². The Hall–Kier alpha value is -2.07. The smallest absolute Gasteiger partial charge is 0.209 e. The number of nitrogens with one attached hydrogen (secondary N) is 1. The van der Waals surface area contributed by atoms with Gasteiger partial charge in [-0.3, -0.25) is 5.10 Å². The first kappa shape index (κ1) is 12.0. The first-order valence-corrected chi connectivity index (χ1v) is 7.05. The molecule has 2 aromatic carbocycles. The molecular formula is C15H13N3S. The molecule has 0 aliphatic carbocycles. The Labute approximate surface area is 116 Å². The van der Waals surface area contributed by atoms with Gasteiger partial charge in [-0.15, -0.1) is 5.10 Å². The van der Waals surface area contributed by atoms with E-state index in [1.807, 2.05) is 48.5 Å². The summed E-state index contributed by atoms with van der Waals surface area (Å²) in [5, 5.41) is 7.99. The molecule has 19 heavy (non-hydrogen) atoms. The van der Waals surface area contributed by atoms with Crippen molar-refractivity contribution >= 4 is 11.8 Å². The molecule has 0 saturated carbocycles. The van der Waals surface area contributed by atoms with Crippen LogP contribution in [0.2, 0.25) is 0 Å². The van der Waals surface area contributed by atoms with E-state index >= 15 is 0 Å². The van der Waals surface area contributed by atoms with Crippen LogP contribution in [0, 0.1) is 0 Å². The maximum absolute atomic E-state index is 4.49. The van der Waals surface area contributed by atoms with Gasteiger partial charge in [0.1, 0.15) is 0 Å². The van der Waals surface area contributed by atoms with Crippen LogP contribution in [-0.4, -0.2) is 15.2 Å². The summed E-state index contributed by atoms with van der Waals surface area (Å²) < 4.78 is 0. The summed E-state index contributed by atoms with van der Waals surface area (Å²) in [5.41, 5.74) is 2.33. The molecule has 0 unspecified atom stereocenters. The summed E-state index contributed by atoms with van der Waals surface area (Å²) in [6, 6.07) is 20.4. The Morgan fingerprint density at radius 3 is 2.32 bits per heavy atom. The number of thioether (sulfide) groups is 1. The normalized spacial score (nSPS) is 10.5. The Balaban J connectivity index is 1.69. The molecule has 0 amide bonds. The van der Waals surface area contributed by atoms with E-state index in [4.69, 9.17) is 0 Å². The van der Waals surface area contributed by atoms with Crippen molar-refractivity contribution in [1.29, 1.82) is 0 Å². The molecule has 1 aromatic heterocycles. The SMILES string of the molecule is c1ccc(CSc2n[nH]c(-c3ccccc3)n2)cc1. The van der Waals surface area contributed by atoms with E-state index in [-0.39, 0.29) is 0 Å². The molecule has 1 N–H and O–H groups in total. The van der Waals surface area contributed by atoms with Gasteiger partial charge in [0.15, 0.2) is 5.82 Å². The van der Waals surface area contributed by atoms with Crippen molar-refractivity contribution in [2.75, 3.05) is 0 Å². The number of rotatable bonds is 4. The van der Waals surface area contributed by atoms with E-state index in [0.29, 0.717) is 0 Å². The molecule has 0 aliphatic rings. The fraction of sp³-hybridized carbons (Fsp3) is 0.0667. The maximum atomic E-state index is 4.49. The van der Waals surface area contributed by atoms with E-state index in [2.05, 4.69) is 27.3 Å².